The summed E-state index contributed by atoms with van der Waals surface area (Å²) in [5, 5.41) is 13.1. The van der Waals surface area contributed by atoms with Crippen molar-refractivity contribution in [1.29, 1.82) is 0 Å². The fraction of sp³-hybridized carbons (Fsp3) is 0.267. The highest BCUT2D eigenvalue weighted by Gasteiger charge is 2.09. The van der Waals surface area contributed by atoms with Crippen LogP contribution in [0, 0.1) is 10.1 Å². The van der Waals surface area contributed by atoms with E-state index < -0.39 is 10.8 Å². The van der Waals surface area contributed by atoms with Gasteiger partial charge in [0, 0.05) is 23.9 Å². The summed E-state index contributed by atoms with van der Waals surface area (Å²) in [5.41, 5.74) is 0.720. The topological polar surface area (TPSA) is 107 Å². The van der Waals surface area contributed by atoms with Crippen LogP contribution in [0.4, 0.5) is 11.4 Å². The highest BCUT2D eigenvalue weighted by molar-refractivity contribution is 5.90. The minimum Gasteiger partial charge on any atom is -0.325 e. The zero-order chi connectivity index (χ0) is 17.0. The molecule has 0 unspecified atom stereocenters. The number of benzene rings is 1. The molecule has 8 nitrogen and oxygen atoms in total. The van der Waals surface area contributed by atoms with Gasteiger partial charge in [-0.05, 0) is 18.1 Å². The third-order valence-electron chi connectivity index (χ3n) is 3.17. The molecule has 0 saturated heterocycles. The Hall–Kier alpha value is -3.03. The van der Waals surface area contributed by atoms with Gasteiger partial charge in [-0.15, -0.1) is 0 Å². The van der Waals surface area contributed by atoms with Crippen LogP contribution in [0.2, 0.25) is 0 Å². The maximum Gasteiger partial charge on any atom is 0.269 e. The number of amides is 1. The zero-order valence-corrected chi connectivity index (χ0v) is 12.7. The number of aromatic nitrogens is 2. The lowest BCUT2D eigenvalue weighted by atomic mass is 10.1. The Morgan fingerprint density at radius 2 is 2.00 bits per heavy atom. The van der Waals surface area contributed by atoms with Crippen LogP contribution in [0.3, 0.4) is 0 Å². The first-order chi connectivity index (χ1) is 10.9. The normalized spacial score (nSPS) is 10.6. The summed E-state index contributed by atoms with van der Waals surface area (Å²) in [6, 6.07) is 6.85. The van der Waals surface area contributed by atoms with Gasteiger partial charge in [-0.3, -0.25) is 24.3 Å². The van der Waals surface area contributed by atoms with E-state index in [-0.39, 0.29) is 23.7 Å². The predicted molar refractivity (Wildman–Crippen MR) is 84.3 cm³/mol. The van der Waals surface area contributed by atoms with E-state index in [9.17, 15) is 19.7 Å². The highest BCUT2D eigenvalue weighted by atomic mass is 16.6. The Morgan fingerprint density at radius 3 is 2.52 bits per heavy atom. The minimum atomic E-state index is -0.521. The molecule has 1 aromatic carbocycles. The number of nitrogens with zero attached hydrogens (tertiary/aromatic N) is 3. The van der Waals surface area contributed by atoms with Crippen LogP contribution < -0.4 is 10.9 Å². The standard InChI is InChI=1S/C15H16N4O4/c1-10(2)13-7-15(21)18(9-16-13)8-14(20)17-11-3-5-12(6-4-11)19(22)23/h3-7,9-10H,8H2,1-2H3,(H,17,20). The summed E-state index contributed by atoms with van der Waals surface area (Å²) < 4.78 is 1.20. The summed E-state index contributed by atoms with van der Waals surface area (Å²) in [6.07, 6.45) is 1.34. The van der Waals surface area contributed by atoms with Crippen LogP contribution >= 0.6 is 0 Å². The molecule has 8 heteroatoms. The smallest absolute Gasteiger partial charge is 0.269 e. The number of anilines is 1. The molecule has 0 aliphatic heterocycles. The Balaban J connectivity index is 2.05. The van der Waals surface area contributed by atoms with Crippen molar-refractivity contribution in [3.63, 3.8) is 0 Å². The molecule has 23 heavy (non-hydrogen) atoms. The maximum atomic E-state index is 11.9. The molecule has 0 fully saturated rings. The fourth-order valence-electron chi connectivity index (χ4n) is 1.90. The van der Waals surface area contributed by atoms with Crippen LogP contribution in [-0.2, 0) is 11.3 Å². The SMILES string of the molecule is CC(C)c1cc(=O)n(CC(=O)Nc2ccc([N+](=O)[O-])cc2)cn1. The number of carbonyl (C=O) groups excluding carboxylic acids is 1. The number of nitrogens with one attached hydrogen (secondary N) is 1. The lowest BCUT2D eigenvalue weighted by molar-refractivity contribution is -0.384. The quantitative estimate of drug-likeness (QED) is 0.669. The molecule has 0 aliphatic rings. The van der Waals surface area contributed by atoms with Crippen LogP contribution in [0.5, 0.6) is 0 Å². The van der Waals surface area contributed by atoms with Gasteiger partial charge in [0.25, 0.3) is 11.2 Å². The average Bonchev–Trinajstić information content (AvgIpc) is 2.49. The van der Waals surface area contributed by atoms with Crippen molar-refractivity contribution in [3.05, 3.63) is 62.8 Å². The van der Waals surface area contributed by atoms with Crippen molar-refractivity contribution < 1.29 is 9.72 Å². The van der Waals surface area contributed by atoms with E-state index in [4.69, 9.17) is 0 Å². The van der Waals surface area contributed by atoms with Crippen LogP contribution in [0.15, 0.2) is 41.5 Å². The van der Waals surface area contributed by atoms with E-state index in [0.29, 0.717) is 11.4 Å². The van der Waals surface area contributed by atoms with Gasteiger partial charge in [0.2, 0.25) is 5.91 Å². The Labute approximate surface area is 131 Å². The van der Waals surface area contributed by atoms with Crippen molar-refractivity contribution in [2.45, 2.75) is 26.3 Å². The number of carbonyl (C=O) groups is 1. The van der Waals surface area contributed by atoms with Crippen LogP contribution in [0.25, 0.3) is 0 Å². The Bertz CT molecular complexity index is 781. The van der Waals surface area contributed by atoms with E-state index in [1.54, 1.807) is 0 Å². The van der Waals surface area contributed by atoms with Gasteiger partial charge in [0.15, 0.2) is 0 Å². The summed E-state index contributed by atoms with van der Waals surface area (Å²) >= 11 is 0. The number of rotatable bonds is 5. The van der Waals surface area contributed by atoms with Gasteiger partial charge < -0.3 is 5.32 Å². The van der Waals surface area contributed by atoms with E-state index >= 15 is 0 Å². The molecule has 2 aromatic rings. The monoisotopic (exact) mass is 316 g/mol. The first-order valence-electron chi connectivity index (χ1n) is 6.97. The molecule has 120 valence electrons. The molecule has 0 bridgehead atoms. The van der Waals surface area contributed by atoms with Gasteiger partial charge in [0.05, 0.1) is 16.9 Å². The minimum absolute atomic E-state index is 0.0623. The summed E-state index contributed by atoms with van der Waals surface area (Å²) in [7, 11) is 0. The number of non-ortho nitro benzene ring substituents is 1. The van der Waals surface area contributed by atoms with E-state index in [0.717, 1.165) is 0 Å². The van der Waals surface area contributed by atoms with Gasteiger partial charge in [0.1, 0.15) is 6.54 Å². The van der Waals surface area contributed by atoms with E-state index in [1.165, 1.54) is 41.2 Å². The second-order valence-corrected chi connectivity index (χ2v) is 5.29. The molecule has 1 aromatic heterocycles. The molecule has 0 spiro atoms. The van der Waals surface area contributed by atoms with Crippen molar-refractivity contribution in [2.24, 2.45) is 0 Å². The summed E-state index contributed by atoms with van der Waals surface area (Å²) in [5.74, 6) is -0.286. The van der Waals surface area contributed by atoms with Gasteiger partial charge in [-0.2, -0.15) is 0 Å². The molecule has 2 rings (SSSR count). The zero-order valence-electron chi connectivity index (χ0n) is 12.7. The molecule has 0 radical (unpaired) electrons. The van der Waals surface area contributed by atoms with E-state index in [1.807, 2.05) is 13.8 Å². The largest absolute Gasteiger partial charge is 0.325 e. The summed E-state index contributed by atoms with van der Waals surface area (Å²) in [4.78, 5) is 38.0. The number of nitro benzene ring substituents is 1. The van der Waals surface area contributed by atoms with Crippen molar-refractivity contribution in [1.82, 2.24) is 9.55 Å². The third-order valence-corrected chi connectivity index (χ3v) is 3.17. The third kappa shape index (κ3) is 4.22. The van der Waals surface area contributed by atoms with Crippen LogP contribution in [0.1, 0.15) is 25.5 Å². The number of nitro groups is 1. The predicted octanol–water partition coefficient (Wildman–Crippen LogP) is 1.91. The molecule has 0 aliphatic carbocycles. The average molecular weight is 316 g/mol. The van der Waals surface area contributed by atoms with Crippen molar-refractivity contribution >= 4 is 17.3 Å². The van der Waals surface area contributed by atoms with Crippen molar-refractivity contribution in [3.8, 4) is 0 Å². The number of hydrogen-bond donors (Lipinski definition) is 1. The summed E-state index contributed by atoms with van der Waals surface area (Å²) in [6.45, 7) is 3.67. The van der Waals surface area contributed by atoms with Gasteiger partial charge >= 0.3 is 0 Å². The molecular formula is C15H16N4O4. The molecular weight excluding hydrogens is 300 g/mol. The first-order valence-corrected chi connectivity index (χ1v) is 6.97. The second-order valence-electron chi connectivity index (χ2n) is 5.29. The molecule has 1 N–H and O–H groups in total. The second kappa shape index (κ2) is 6.82. The van der Waals surface area contributed by atoms with Crippen molar-refractivity contribution in [2.75, 3.05) is 5.32 Å². The van der Waals surface area contributed by atoms with E-state index in [2.05, 4.69) is 10.3 Å². The first kappa shape index (κ1) is 16.3. The lowest BCUT2D eigenvalue weighted by Crippen LogP contribution is -2.28. The highest BCUT2D eigenvalue weighted by Crippen LogP contribution is 2.15. The molecule has 1 heterocycles. The Kier molecular flexibility index (Phi) is 4.85. The Morgan fingerprint density at radius 1 is 1.35 bits per heavy atom. The fourth-order valence-corrected chi connectivity index (χ4v) is 1.90. The molecule has 1 amide bonds. The molecule has 0 saturated carbocycles. The molecule has 0 atom stereocenters. The van der Waals surface area contributed by atoms with Crippen LogP contribution in [-0.4, -0.2) is 20.4 Å². The van der Waals surface area contributed by atoms with Gasteiger partial charge in [-0.25, -0.2) is 4.98 Å². The maximum absolute atomic E-state index is 11.9. The van der Waals surface area contributed by atoms with Gasteiger partial charge in [-0.1, -0.05) is 13.8 Å². The number of hydrogen-bond acceptors (Lipinski definition) is 5. The lowest BCUT2D eigenvalue weighted by Gasteiger charge is -2.09.